The molecule has 0 radical (unpaired) electrons. The Bertz CT molecular complexity index is 2110. The number of H-pyrrole nitrogens is 2. The molecule has 0 spiro atoms. The van der Waals surface area contributed by atoms with E-state index >= 15 is 0 Å². The van der Waals surface area contributed by atoms with Gasteiger partial charge in [0.25, 0.3) is 0 Å². The third-order valence-corrected chi connectivity index (χ3v) is 10.7. The molecule has 2 aromatic heterocycles. The highest BCUT2D eigenvalue weighted by molar-refractivity contribution is 9.11. The van der Waals surface area contributed by atoms with Crippen LogP contribution in [0.4, 0.5) is 8.78 Å². The quantitative estimate of drug-likeness (QED) is 0.0945. The van der Waals surface area contributed by atoms with Gasteiger partial charge in [0.1, 0.15) is 6.10 Å². The fourth-order valence-electron chi connectivity index (χ4n) is 6.51. The van der Waals surface area contributed by atoms with Gasteiger partial charge in [-0.05, 0) is 34.4 Å². The van der Waals surface area contributed by atoms with Crippen LogP contribution in [0, 0.1) is 11.6 Å². The SMILES string of the molecule is COC(CN(Cc1ccccc1)Cc1c[nH]c2c(F)c(Cl)cc(Br)c12)OC.OC1CN(Cc2ccccc2)Cc2c1[nH]c1c(F)c(Cl)cc(Br)c21. The zero-order valence-corrected chi connectivity index (χ0v) is 32.5. The molecule has 0 saturated carbocycles. The molecular formula is C38H36Br2Cl2F2N4O3. The summed E-state index contributed by atoms with van der Waals surface area (Å²) in [6.07, 6.45) is 0.782. The summed E-state index contributed by atoms with van der Waals surface area (Å²) in [7, 11) is 3.24. The highest BCUT2D eigenvalue weighted by Gasteiger charge is 2.30. The zero-order chi connectivity index (χ0) is 36.2. The molecule has 268 valence electrons. The molecule has 7 nitrogen and oxygen atoms in total. The predicted octanol–water partition coefficient (Wildman–Crippen LogP) is 10.1. The number of rotatable bonds is 10. The van der Waals surface area contributed by atoms with Crippen LogP contribution in [0.5, 0.6) is 0 Å². The van der Waals surface area contributed by atoms with Crippen LogP contribution in [0.15, 0.2) is 87.9 Å². The average molecular weight is 865 g/mol. The maximum absolute atomic E-state index is 14.4. The van der Waals surface area contributed by atoms with Gasteiger partial charge in [-0.1, -0.05) is 116 Å². The Labute approximate surface area is 321 Å². The summed E-state index contributed by atoms with van der Waals surface area (Å²) in [5, 5.41) is 12.2. The number of aliphatic hydroxyl groups excluding tert-OH is 1. The molecule has 3 heterocycles. The Hall–Kier alpha value is -2.84. The molecule has 1 aliphatic rings. The summed E-state index contributed by atoms with van der Waals surface area (Å²) in [6.45, 7) is 3.75. The Kier molecular flexibility index (Phi) is 12.5. The van der Waals surface area contributed by atoms with Gasteiger partial charge in [0.15, 0.2) is 17.9 Å². The number of aromatic amines is 2. The number of ether oxygens (including phenoxy) is 2. The molecule has 1 atom stereocenters. The number of benzene rings is 4. The number of hydrogen-bond acceptors (Lipinski definition) is 5. The third kappa shape index (κ3) is 8.53. The van der Waals surface area contributed by atoms with Gasteiger partial charge in [0, 0.05) is 72.9 Å². The number of methoxy groups -OCH3 is 2. The summed E-state index contributed by atoms with van der Waals surface area (Å²) in [4.78, 5) is 10.4. The molecule has 0 aliphatic carbocycles. The van der Waals surface area contributed by atoms with Crippen LogP contribution in [0.25, 0.3) is 21.8 Å². The van der Waals surface area contributed by atoms with Crippen molar-refractivity contribution in [3.05, 3.63) is 138 Å². The first kappa shape index (κ1) is 37.9. The third-order valence-electron chi connectivity index (χ3n) is 8.91. The van der Waals surface area contributed by atoms with Crippen LogP contribution in [-0.2, 0) is 35.7 Å². The monoisotopic (exact) mass is 862 g/mol. The average Bonchev–Trinajstić information content (AvgIpc) is 3.73. The van der Waals surface area contributed by atoms with Gasteiger partial charge < -0.3 is 24.5 Å². The van der Waals surface area contributed by atoms with Gasteiger partial charge in [0.05, 0.1) is 33.3 Å². The number of halogens is 6. The van der Waals surface area contributed by atoms with E-state index in [0.717, 1.165) is 37.4 Å². The minimum atomic E-state index is -0.685. The smallest absolute Gasteiger partial charge is 0.169 e. The minimum absolute atomic E-state index is 0.0589. The van der Waals surface area contributed by atoms with E-state index in [2.05, 4.69) is 75.9 Å². The fraction of sp³-hybridized carbons (Fsp3) is 0.263. The van der Waals surface area contributed by atoms with Crippen molar-refractivity contribution in [1.29, 1.82) is 0 Å². The number of aliphatic hydroxyl groups is 1. The minimum Gasteiger partial charge on any atom is -0.386 e. The van der Waals surface area contributed by atoms with Crippen LogP contribution in [-0.4, -0.2) is 58.5 Å². The summed E-state index contributed by atoms with van der Waals surface area (Å²) in [5.41, 5.74) is 5.67. The Morgan fingerprint density at radius 3 is 2.10 bits per heavy atom. The molecule has 0 saturated heterocycles. The first-order chi connectivity index (χ1) is 24.6. The van der Waals surface area contributed by atoms with Gasteiger partial charge in [-0.3, -0.25) is 9.80 Å². The number of aromatic nitrogens is 2. The van der Waals surface area contributed by atoms with E-state index in [-0.39, 0.29) is 16.3 Å². The summed E-state index contributed by atoms with van der Waals surface area (Å²) >= 11 is 18.9. The number of nitrogens with zero attached hydrogens (tertiary/aromatic N) is 2. The van der Waals surface area contributed by atoms with Crippen molar-refractivity contribution in [3.8, 4) is 0 Å². The number of fused-ring (bicyclic) bond motifs is 4. The van der Waals surface area contributed by atoms with Crippen LogP contribution in [0.1, 0.15) is 34.1 Å². The number of hydrogen-bond donors (Lipinski definition) is 3. The predicted molar refractivity (Wildman–Crippen MR) is 206 cm³/mol. The maximum atomic E-state index is 14.4. The van der Waals surface area contributed by atoms with E-state index in [9.17, 15) is 13.9 Å². The molecule has 6 aromatic rings. The summed E-state index contributed by atoms with van der Waals surface area (Å²) in [6, 6.07) is 23.4. The van der Waals surface area contributed by atoms with E-state index in [1.54, 1.807) is 26.4 Å². The second-order valence-corrected chi connectivity index (χ2v) is 14.9. The van der Waals surface area contributed by atoms with Crippen molar-refractivity contribution >= 4 is 76.9 Å². The lowest BCUT2D eigenvalue weighted by Gasteiger charge is -2.30. The van der Waals surface area contributed by atoms with Gasteiger partial charge in [-0.25, -0.2) is 8.78 Å². The molecule has 0 fully saturated rings. The fourth-order valence-corrected chi connectivity index (χ4v) is 8.53. The lowest BCUT2D eigenvalue weighted by molar-refractivity contribution is -0.118. The van der Waals surface area contributed by atoms with Crippen LogP contribution in [0.2, 0.25) is 10.0 Å². The normalized spacial score (nSPS) is 14.8. The van der Waals surface area contributed by atoms with Crippen molar-refractivity contribution in [2.24, 2.45) is 0 Å². The van der Waals surface area contributed by atoms with E-state index < -0.39 is 17.7 Å². The largest absolute Gasteiger partial charge is 0.386 e. The van der Waals surface area contributed by atoms with E-state index in [1.165, 1.54) is 11.1 Å². The highest BCUT2D eigenvalue weighted by atomic mass is 79.9. The van der Waals surface area contributed by atoms with Crippen LogP contribution < -0.4 is 0 Å². The van der Waals surface area contributed by atoms with Gasteiger partial charge >= 0.3 is 0 Å². The molecule has 4 aromatic carbocycles. The topological polar surface area (TPSA) is 76.8 Å². The Balaban J connectivity index is 0.000000177. The molecule has 1 aliphatic heterocycles. The molecule has 7 rings (SSSR count). The van der Waals surface area contributed by atoms with Crippen molar-refractivity contribution in [1.82, 2.24) is 19.8 Å². The maximum Gasteiger partial charge on any atom is 0.169 e. The van der Waals surface area contributed by atoms with E-state index in [4.69, 9.17) is 32.7 Å². The molecular weight excluding hydrogens is 829 g/mol. The Morgan fingerprint density at radius 2 is 1.47 bits per heavy atom. The summed E-state index contributed by atoms with van der Waals surface area (Å²) in [5.74, 6) is -0.923. The summed E-state index contributed by atoms with van der Waals surface area (Å²) < 4.78 is 41.0. The first-order valence-electron chi connectivity index (χ1n) is 16.2. The molecule has 13 heteroatoms. The molecule has 0 bridgehead atoms. The molecule has 3 N–H and O–H groups in total. The van der Waals surface area contributed by atoms with Crippen molar-refractivity contribution in [2.45, 2.75) is 38.6 Å². The van der Waals surface area contributed by atoms with Gasteiger partial charge in [-0.2, -0.15) is 0 Å². The second-order valence-electron chi connectivity index (χ2n) is 12.4. The molecule has 1 unspecified atom stereocenters. The standard InChI is InChI=1S/C20H21BrClFN2O2.C18H15BrClFN2O/c1-26-17(27-2)12-25(10-13-6-4-3-5-7-13)11-14-9-24-20-18(14)15(21)8-16(22)19(20)23;19-12-6-13(20)16(21)18-15(12)11-8-23(9-14(24)17(11)22-18)7-10-4-2-1-3-5-10/h3-9,17,24H,10-12H2,1-2H3;1-6,14,22,24H,7-9H2. The highest BCUT2D eigenvalue weighted by Crippen LogP contribution is 2.40. The van der Waals surface area contributed by atoms with Crippen LogP contribution in [0.3, 0.4) is 0 Å². The molecule has 0 amide bonds. The van der Waals surface area contributed by atoms with E-state index in [0.29, 0.717) is 49.5 Å². The lowest BCUT2D eigenvalue weighted by atomic mass is 10.0. The van der Waals surface area contributed by atoms with Crippen LogP contribution >= 0.6 is 55.1 Å². The van der Waals surface area contributed by atoms with Crippen molar-refractivity contribution in [3.63, 3.8) is 0 Å². The van der Waals surface area contributed by atoms with Gasteiger partial charge in [-0.15, -0.1) is 0 Å². The lowest BCUT2D eigenvalue weighted by Crippen LogP contribution is -2.33. The van der Waals surface area contributed by atoms with Crippen molar-refractivity contribution in [2.75, 3.05) is 27.3 Å². The van der Waals surface area contributed by atoms with Crippen molar-refractivity contribution < 1.29 is 23.4 Å². The van der Waals surface area contributed by atoms with E-state index in [1.807, 2.05) is 42.6 Å². The number of nitrogens with one attached hydrogen (secondary N) is 2. The first-order valence-corrected chi connectivity index (χ1v) is 18.5. The zero-order valence-electron chi connectivity index (χ0n) is 27.8. The molecule has 51 heavy (non-hydrogen) atoms. The Morgan fingerprint density at radius 1 is 0.882 bits per heavy atom. The number of β-amino-alcohol motifs (C(OH)–C–C–N with tert-alkyl or cyclic N) is 1. The second kappa shape index (κ2) is 16.9. The van der Waals surface area contributed by atoms with Gasteiger partial charge in [0.2, 0.25) is 0 Å².